The fourth-order valence-electron chi connectivity index (χ4n) is 4.30. The van der Waals surface area contributed by atoms with Gasteiger partial charge in [0.1, 0.15) is 10.8 Å². The second kappa shape index (κ2) is 9.21. The monoisotopic (exact) mass is 478 g/mol. The van der Waals surface area contributed by atoms with Gasteiger partial charge in [-0.3, -0.25) is 4.79 Å². The van der Waals surface area contributed by atoms with Crippen molar-refractivity contribution in [2.45, 2.75) is 37.0 Å². The molecule has 1 saturated heterocycles. The molecule has 32 heavy (non-hydrogen) atoms. The van der Waals surface area contributed by atoms with Gasteiger partial charge in [-0.25, -0.2) is 13.2 Å². The number of rotatable bonds is 6. The number of aryl methyl sites for hydroxylation is 1. The number of benzene rings is 1. The number of ether oxygens (including phenoxy) is 2. The van der Waals surface area contributed by atoms with Crippen molar-refractivity contribution in [3.63, 3.8) is 0 Å². The molecule has 1 N–H and O–H groups in total. The minimum Gasteiger partial charge on any atom is -0.497 e. The SMILES string of the molecule is COC(=O)c1c(NC(=O)C2CCCN(S(=O)(=O)c3ccc(OC)cc3)C2)sc2c1CCC2. The van der Waals surface area contributed by atoms with Gasteiger partial charge in [0.15, 0.2) is 0 Å². The Balaban J connectivity index is 1.50. The van der Waals surface area contributed by atoms with Gasteiger partial charge in [-0.2, -0.15) is 4.31 Å². The number of amides is 1. The average molecular weight is 479 g/mol. The maximum atomic E-state index is 13.1. The summed E-state index contributed by atoms with van der Waals surface area (Å²) in [4.78, 5) is 26.7. The topological polar surface area (TPSA) is 102 Å². The number of esters is 1. The Morgan fingerprint density at radius 1 is 1.12 bits per heavy atom. The van der Waals surface area contributed by atoms with Gasteiger partial charge in [0.05, 0.1) is 30.6 Å². The van der Waals surface area contributed by atoms with Crippen LogP contribution in [-0.4, -0.2) is 51.9 Å². The van der Waals surface area contributed by atoms with Crippen molar-refractivity contribution >= 4 is 38.2 Å². The molecule has 1 aromatic carbocycles. The van der Waals surface area contributed by atoms with Crippen LogP contribution in [-0.2, 0) is 32.4 Å². The largest absolute Gasteiger partial charge is 0.497 e. The molecule has 1 aliphatic heterocycles. The summed E-state index contributed by atoms with van der Waals surface area (Å²) in [6, 6.07) is 6.22. The Kier molecular flexibility index (Phi) is 6.55. The smallest absolute Gasteiger partial charge is 0.341 e. The lowest BCUT2D eigenvalue weighted by atomic mass is 9.99. The molecule has 4 rings (SSSR count). The van der Waals surface area contributed by atoms with Crippen LogP contribution in [0.1, 0.15) is 40.1 Å². The third kappa shape index (κ3) is 4.26. The van der Waals surface area contributed by atoms with Crippen molar-refractivity contribution in [1.29, 1.82) is 0 Å². The number of thiophene rings is 1. The standard InChI is InChI=1S/C22H26N2O6S2/c1-29-15-8-10-16(11-9-15)32(27,28)24-12-4-5-14(13-24)20(25)23-21-19(22(26)30-2)17-6-3-7-18(17)31-21/h8-11,14H,3-7,12-13H2,1-2H3,(H,23,25). The number of hydrogen-bond donors (Lipinski definition) is 1. The zero-order valence-electron chi connectivity index (χ0n) is 18.0. The molecule has 10 heteroatoms. The second-order valence-electron chi connectivity index (χ2n) is 7.92. The summed E-state index contributed by atoms with van der Waals surface area (Å²) >= 11 is 1.41. The number of sulfonamides is 1. The molecule has 2 aliphatic rings. The van der Waals surface area contributed by atoms with Gasteiger partial charge in [-0.1, -0.05) is 0 Å². The molecule has 0 spiro atoms. The molecule has 0 saturated carbocycles. The van der Waals surface area contributed by atoms with Crippen LogP contribution in [0.4, 0.5) is 5.00 Å². The van der Waals surface area contributed by atoms with E-state index in [1.807, 2.05) is 0 Å². The number of nitrogens with zero attached hydrogens (tertiary/aromatic N) is 1. The van der Waals surface area contributed by atoms with Gasteiger partial charge >= 0.3 is 5.97 Å². The quantitative estimate of drug-likeness (QED) is 0.641. The lowest BCUT2D eigenvalue weighted by Crippen LogP contribution is -2.43. The van der Waals surface area contributed by atoms with Crippen molar-refractivity contribution in [3.05, 3.63) is 40.3 Å². The predicted molar refractivity (Wildman–Crippen MR) is 121 cm³/mol. The van der Waals surface area contributed by atoms with Crippen molar-refractivity contribution in [2.24, 2.45) is 5.92 Å². The van der Waals surface area contributed by atoms with Crippen LogP contribution < -0.4 is 10.1 Å². The number of piperidine rings is 1. The fourth-order valence-corrected chi connectivity index (χ4v) is 7.10. The first-order chi connectivity index (χ1) is 15.3. The Labute approximate surface area is 191 Å². The van der Waals surface area contributed by atoms with E-state index in [1.54, 1.807) is 12.1 Å². The lowest BCUT2D eigenvalue weighted by Gasteiger charge is -2.31. The molecule has 172 valence electrons. The highest BCUT2D eigenvalue weighted by molar-refractivity contribution is 7.89. The molecule has 2 aromatic rings. The number of carbonyl (C=O) groups is 2. The van der Waals surface area contributed by atoms with E-state index in [9.17, 15) is 18.0 Å². The highest BCUT2D eigenvalue weighted by atomic mass is 32.2. The molecule has 0 radical (unpaired) electrons. The van der Waals surface area contributed by atoms with E-state index >= 15 is 0 Å². The number of anilines is 1. The van der Waals surface area contributed by atoms with E-state index in [2.05, 4.69) is 5.32 Å². The van der Waals surface area contributed by atoms with Crippen LogP contribution in [0.5, 0.6) is 5.75 Å². The zero-order chi connectivity index (χ0) is 22.9. The molecular formula is C22H26N2O6S2. The highest BCUT2D eigenvalue weighted by Gasteiger charge is 2.35. The molecule has 1 atom stereocenters. The Hall–Kier alpha value is -2.43. The van der Waals surface area contributed by atoms with Gasteiger partial charge in [-0.15, -0.1) is 11.3 Å². The fraction of sp³-hybridized carbons (Fsp3) is 0.455. The minimum absolute atomic E-state index is 0.0961. The first-order valence-corrected chi connectivity index (χ1v) is 12.8. The van der Waals surface area contributed by atoms with Gasteiger partial charge in [0.25, 0.3) is 0 Å². The Morgan fingerprint density at radius 2 is 1.88 bits per heavy atom. The first kappa shape index (κ1) is 22.8. The number of hydrogen-bond acceptors (Lipinski definition) is 7. The number of fused-ring (bicyclic) bond motifs is 1. The molecule has 1 amide bonds. The van der Waals surface area contributed by atoms with E-state index < -0.39 is 21.9 Å². The predicted octanol–water partition coefficient (Wildman–Crippen LogP) is 3.07. The van der Waals surface area contributed by atoms with E-state index in [0.717, 1.165) is 29.7 Å². The van der Waals surface area contributed by atoms with Gasteiger partial charge in [0.2, 0.25) is 15.9 Å². The van der Waals surface area contributed by atoms with Crippen LogP contribution in [0.25, 0.3) is 0 Å². The summed E-state index contributed by atoms with van der Waals surface area (Å²) in [6.07, 6.45) is 3.83. The molecule has 0 bridgehead atoms. The molecule has 1 fully saturated rings. The minimum atomic E-state index is -3.72. The summed E-state index contributed by atoms with van der Waals surface area (Å²) < 4.78 is 37.6. The van der Waals surface area contributed by atoms with Crippen molar-refractivity contribution < 1.29 is 27.5 Å². The van der Waals surface area contributed by atoms with Gasteiger partial charge < -0.3 is 14.8 Å². The lowest BCUT2D eigenvalue weighted by molar-refractivity contribution is -0.120. The van der Waals surface area contributed by atoms with Crippen molar-refractivity contribution in [2.75, 3.05) is 32.6 Å². The maximum Gasteiger partial charge on any atom is 0.341 e. The molecular weight excluding hydrogens is 452 g/mol. The van der Waals surface area contributed by atoms with Crippen LogP contribution >= 0.6 is 11.3 Å². The van der Waals surface area contributed by atoms with Gasteiger partial charge in [-0.05, 0) is 61.9 Å². The van der Waals surface area contributed by atoms with Crippen LogP contribution in [0, 0.1) is 5.92 Å². The van der Waals surface area contributed by atoms with E-state index in [1.165, 1.54) is 42.0 Å². The number of nitrogens with one attached hydrogen (secondary N) is 1. The zero-order valence-corrected chi connectivity index (χ0v) is 19.7. The summed E-state index contributed by atoms with van der Waals surface area (Å²) in [5.74, 6) is -0.653. The summed E-state index contributed by atoms with van der Waals surface area (Å²) in [5, 5.41) is 3.39. The molecule has 1 aliphatic carbocycles. The normalized spacial score (nSPS) is 18.8. The van der Waals surface area contributed by atoms with Crippen molar-refractivity contribution in [3.8, 4) is 5.75 Å². The third-order valence-electron chi connectivity index (χ3n) is 6.00. The Bertz CT molecular complexity index is 1120. The van der Waals surface area contributed by atoms with Gasteiger partial charge in [0, 0.05) is 18.0 Å². The third-order valence-corrected chi connectivity index (χ3v) is 9.09. The Morgan fingerprint density at radius 3 is 2.56 bits per heavy atom. The average Bonchev–Trinajstić information content (AvgIpc) is 3.39. The van der Waals surface area contributed by atoms with E-state index in [0.29, 0.717) is 35.7 Å². The van der Waals surface area contributed by atoms with E-state index in [4.69, 9.17) is 9.47 Å². The second-order valence-corrected chi connectivity index (χ2v) is 11.0. The van der Waals surface area contributed by atoms with Crippen LogP contribution in [0.3, 0.4) is 0 Å². The summed E-state index contributed by atoms with van der Waals surface area (Å²) in [6.45, 7) is 0.456. The molecule has 8 nitrogen and oxygen atoms in total. The first-order valence-electron chi connectivity index (χ1n) is 10.5. The number of carbonyl (C=O) groups excluding carboxylic acids is 2. The summed E-state index contributed by atoms with van der Waals surface area (Å²) in [5.41, 5.74) is 1.40. The maximum absolute atomic E-state index is 13.1. The van der Waals surface area contributed by atoms with Crippen LogP contribution in [0.15, 0.2) is 29.2 Å². The molecule has 2 heterocycles. The summed E-state index contributed by atoms with van der Waals surface area (Å²) in [7, 11) is -0.875. The van der Waals surface area contributed by atoms with Crippen molar-refractivity contribution in [1.82, 2.24) is 4.31 Å². The van der Waals surface area contributed by atoms with Crippen LogP contribution in [0.2, 0.25) is 0 Å². The highest BCUT2D eigenvalue weighted by Crippen LogP contribution is 2.40. The molecule has 1 aromatic heterocycles. The van der Waals surface area contributed by atoms with E-state index in [-0.39, 0.29) is 17.3 Å². The number of methoxy groups -OCH3 is 2. The molecule has 1 unspecified atom stereocenters.